The predicted octanol–water partition coefficient (Wildman–Crippen LogP) is 1.62. The van der Waals surface area contributed by atoms with Crippen molar-refractivity contribution < 1.29 is 9.90 Å². The normalized spacial score (nSPS) is 11.6. The van der Waals surface area contributed by atoms with Gasteiger partial charge in [0.1, 0.15) is 0 Å². The van der Waals surface area contributed by atoms with Crippen LogP contribution in [0.2, 0.25) is 0 Å². The molecule has 0 aromatic carbocycles. The molecule has 0 rings (SSSR count). The second-order valence-electron chi connectivity index (χ2n) is 3.29. The molecule has 0 bridgehead atoms. The molecule has 14 heavy (non-hydrogen) atoms. The van der Waals surface area contributed by atoms with Crippen molar-refractivity contribution in [3.05, 3.63) is 0 Å². The molecule has 0 saturated heterocycles. The van der Waals surface area contributed by atoms with E-state index in [4.69, 9.17) is 10.8 Å². The van der Waals surface area contributed by atoms with Gasteiger partial charge in [-0.2, -0.15) is 0 Å². The van der Waals surface area contributed by atoms with E-state index < -0.39 is 5.97 Å². The van der Waals surface area contributed by atoms with Gasteiger partial charge in [-0.1, -0.05) is 6.42 Å². The van der Waals surface area contributed by atoms with Crippen LogP contribution >= 0.6 is 0 Å². The summed E-state index contributed by atoms with van der Waals surface area (Å²) in [5.41, 5.74) is 5.34. The number of carboxylic acids is 1. The number of carbonyl (C=O) groups is 1. The van der Waals surface area contributed by atoms with Crippen molar-refractivity contribution in [1.29, 1.82) is 0 Å². The van der Waals surface area contributed by atoms with Gasteiger partial charge < -0.3 is 10.8 Å². The Morgan fingerprint density at radius 1 is 1.43 bits per heavy atom. The fourth-order valence-electron chi connectivity index (χ4n) is 1.30. The van der Waals surface area contributed by atoms with Gasteiger partial charge in [0.2, 0.25) is 0 Å². The first-order chi connectivity index (χ1) is 6.72. The Morgan fingerprint density at radius 3 is 2.64 bits per heavy atom. The standard InChI is InChI=1S/C11H19NO2/c1-2-3-4-7-10(11(13)14)8-5-6-9-12/h10H,4-9,12H2,1H3,(H,13,14). The highest BCUT2D eigenvalue weighted by atomic mass is 16.4. The van der Waals surface area contributed by atoms with Gasteiger partial charge in [0.05, 0.1) is 5.92 Å². The van der Waals surface area contributed by atoms with Gasteiger partial charge in [-0.25, -0.2) is 0 Å². The molecular formula is C11H19NO2. The molecule has 1 atom stereocenters. The second-order valence-corrected chi connectivity index (χ2v) is 3.29. The van der Waals surface area contributed by atoms with E-state index in [1.165, 1.54) is 0 Å². The first-order valence-electron chi connectivity index (χ1n) is 5.04. The maximum Gasteiger partial charge on any atom is 0.306 e. The highest BCUT2D eigenvalue weighted by Gasteiger charge is 2.15. The van der Waals surface area contributed by atoms with Gasteiger partial charge in [-0.15, -0.1) is 11.8 Å². The highest BCUT2D eigenvalue weighted by Crippen LogP contribution is 2.14. The van der Waals surface area contributed by atoms with Crippen LogP contribution in [-0.2, 0) is 4.79 Å². The Balaban J connectivity index is 3.76. The van der Waals surface area contributed by atoms with Crippen LogP contribution in [0.25, 0.3) is 0 Å². The summed E-state index contributed by atoms with van der Waals surface area (Å²) in [7, 11) is 0. The number of unbranched alkanes of at least 4 members (excludes halogenated alkanes) is 1. The van der Waals surface area contributed by atoms with Gasteiger partial charge in [0.15, 0.2) is 0 Å². The van der Waals surface area contributed by atoms with E-state index in [-0.39, 0.29) is 5.92 Å². The molecule has 0 fully saturated rings. The van der Waals surface area contributed by atoms with Crippen molar-refractivity contribution in [2.24, 2.45) is 11.7 Å². The molecule has 1 unspecified atom stereocenters. The van der Waals surface area contributed by atoms with Crippen LogP contribution in [0.4, 0.5) is 0 Å². The molecule has 0 radical (unpaired) electrons. The summed E-state index contributed by atoms with van der Waals surface area (Å²) in [6, 6.07) is 0. The third-order valence-corrected chi connectivity index (χ3v) is 2.15. The SMILES string of the molecule is CC#CCCC(CCCCN)C(=O)O. The van der Waals surface area contributed by atoms with Crippen LogP contribution in [0.1, 0.15) is 39.0 Å². The van der Waals surface area contributed by atoms with Crippen molar-refractivity contribution >= 4 is 5.97 Å². The fourth-order valence-corrected chi connectivity index (χ4v) is 1.30. The van der Waals surface area contributed by atoms with E-state index in [2.05, 4.69) is 11.8 Å². The second kappa shape index (κ2) is 8.58. The lowest BCUT2D eigenvalue weighted by Crippen LogP contribution is -2.14. The van der Waals surface area contributed by atoms with Crippen LogP contribution in [0.3, 0.4) is 0 Å². The van der Waals surface area contributed by atoms with Crippen molar-refractivity contribution in [2.75, 3.05) is 6.54 Å². The summed E-state index contributed by atoms with van der Waals surface area (Å²) >= 11 is 0. The quantitative estimate of drug-likeness (QED) is 0.481. The summed E-state index contributed by atoms with van der Waals surface area (Å²) < 4.78 is 0. The minimum atomic E-state index is -0.708. The molecular weight excluding hydrogens is 178 g/mol. The van der Waals surface area contributed by atoms with Crippen molar-refractivity contribution in [3.8, 4) is 11.8 Å². The highest BCUT2D eigenvalue weighted by molar-refractivity contribution is 5.69. The fraction of sp³-hybridized carbons (Fsp3) is 0.727. The minimum absolute atomic E-state index is 0.248. The maximum absolute atomic E-state index is 10.8. The smallest absolute Gasteiger partial charge is 0.306 e. The summed E-state index contributed by atoms with van der Waals surface area (Å²) in [5.74, 6) is 4.70. The molecule has 3 nitrogen and oxygen atoms in total. The Morgan fingerprint density at radius 2 is 2.14 bits per heavy atom. The van der Waals surface area contributed by atoms with E-state index >= 15 is 0 Å². The van der Waals surface area contributed by atoms with Crippen LogP contribution in [0, 0.1) is 17.8 Å². The van der Waals surface area contributed by atoms with Crippen LogP contribution < -0.4 is 5.73 Å². The third-order valence-electron chi connectivity index (χ3n) is 2.15. The van der Waals surface area contributed by atoms with Crippen molar-refractivity contribution in [3.63, 3.8) is 0 Å². The molecule has 0 aliphatic rings. The lowest BCUT2D eigenvalue weighted by Gasteiger charge is -2.09. The average Bonchev–Trinajstić information content (AvgIpc) is 2.15. The van der Waals surface area contributed by atoms with Gasteiger partial charge in [0.25, 0.3) is 0 Å². The lowest BCUT2D eigenvalue weighted by atomic mass is 9.97. The molecule has 0 heterocycles. The van der Waals surface area contributed by atoms with Crippen LogP contribution in [0.5, 0.6) is 0 Å². The van der Waals surface area contributed by atoms with Gasteiger partial charge in [-0.3, -0.25) is 4.79 Å². The van der Waals surface area contributed by atoms with Crippen molar-refractivity contribution in [2.45, 2.75) is 39.0 Å². The van der Waals surface area contributed by atoms with E-state index in [9.17, 15) is 4.79 Å². The molecule has 3 heteroatoms. The Kier molecular flexibility index (Phi) is 7.96. The molecule has 0 aliphatic carbocycles. The van der Waals surface area contributed by atoms with Crippen molar-refractivity contribution in [1.82, 2.24) is 0 Å². The van der Waals surface area contributed by atoms with Gasteiger partial charge >= 0.3 is 5.97 Å². The zero-order valence-corrected chi connectivity index (χ0v) is 8.75. The lowest BCUT2D eigenvalue weighted by molar-refractivity contribution is -0.142. The summed E-state index contributed by atoms with van der Waals surface area (Å²) in [5, 5.41) is 8.89. The number of carboxylic acid groups (broad SMARTS) is 1. The van der Waals surface area contributed by atoms with E-state index in [0.29, 0.717) is 19.4 Å². The first-order valence-corrected chi connectivity index (χ1v) is 5.04. The number of aliphatic carboxylic acids is 1. The number of rotatable bonds is 7. The third kappa shape index (κ3) is 6.50. The number of hydrogen-bond donors (Lipinski definition) is 2. The van der Waals surface area contributed by atoms with E-state index in [0.717, 1.165) is 19.3 Å². The molecule has 0 saturated carbocycles. The first kappa shape index (κ1) is 13.0. The Bertz CT molecular complexity index is 215. The molecule has 80 valence electrons. The number of nitrogens with two attached hydrogens (primary N) is 1. The van der Waals surface area contributed by atoms with Gasteiger partial charge in [0, 0.05) is 6.42 Å². The molecule has 3 N–H and O–H groups in total. The van der Waals surface area contributed by atoms with E-state index in [1.54, 1.807) is 6.92 Å². The zero-order valence-electron chi connectivity index (χ0n) is 8.75. The molecule has 0 aromatic rings. The van der Waals surface area contributed by atoms with Crippen LogP contribution in [0.15, 0.2) is 0 Å². The molecule has 0 aromatic heterocycles. The molecule has 0 spiro atoms. The largest absolute Gasteiger partial charge is 0.481 e. The predicted molar refractivity (Wildman–Crippen MR) is 56.7 cm³/mol. The van der Waals surface area contributed by atoms with Crippen LogP contribution in [-0.4, -0.2) is 17.6 Å². The van der Waals surface area contributed by atoms with E-state index in [1.807, 2.05) is 0 Å². The summed E-state index contributed by atoms with van der Waals surface area (Å²) in [6.07, 6.45) is 3.85. The maximum atomic E-state index is 10.8. The average molecular weight is 197 g/mol. The molecule has 0 amide bonds. The van der Waals surface area contributed by atoms with Gasteiger partial charge in [-0.05, 0) is 32.7 Å². The zero-order chi connectivity index (χ0) is 10.8. The summed E-state index contributed by atoms with van der Waals surface area (Å²) in [4.78, 5) is 10.8. The minimum Gasteiger partial charge on any atom is -0.481 e. The Labute approximate surface area is 85.7 Å². The topological polar surface area (TPSA) is 63.3 Å². The molecule has 0 aliphatic heterocycles. The number of hydrogen-bond acceptors (Lipinski definition) is 2. The summed E-state index contributed by atoms with van der Waals surface area (Å²) in [6.45, 7) is 2.41. The monoisotopic (exact) mass is 197 g/mol. The Hall–Kier alpha value is -1.01.